The fourth-order valence-corrected chi connectivity index (χ4v) is 7.73. The smallest absolute Gasteiger partial charge is 0.266 e. The molecule has 0 spiro atoms. The zero-order valence-corrected chi connectivity index (χ0v) is 29.6. The number of morpholine rings is 1. The van der Waals surface area contributed by atoms with Crippen LogP contribution in [0.4, 0.5) is 11.4 Å². The van der Waals surface area contributed by atoms with Crippen molar-refractivity contribution in [3.8, 4) is 28.4 Å². The third-order valence-corrected chi connectivity index (χ3v) is 10.6. The number of hydrogen-bond acceptors (Lipinski definition) is 8. The van der Waals surface area contributed by atoms with Crippen molar-refractivity contribution >= 4 is 28.8 Å². The molecule has 2 amide bonds. The van der Waals surface area contributed by atoms with E-state index in [0.717, 1.165) is 51.3 Å². The van der Waals surface area contributed by atoms with Crippen molar-refractivity contribution in [1.82, 2.24) is 19.2 Å². The molecule has 5 heterocycles. The molecule has 11 nitrogen and oxygen atoms in total. The molecule has 2 aromatic heterocycles. The Morgan fingerprint density at radius 1 is 0.833 bits per heavy atom. The van der Waals surface area contributed by atoms with Crippen LogP contribution in [-0.2, 0) is 17.7 Å². The van der Waals surface area contributed by atoms with E-state index in [2.05, 4.69) is 23.1 Å². The van der Waals surface area contributed by atoms with Gasteiger partial charge in [0.25, 0.3) is 11.8 Å². The van der Waals surface area contributed by atoms with Crippen molar-refractivity contribution in [2.24, 2.45) is 0 Å². The second kappa shape index (κ2) is 14.3. The van der Waals surface area contributed by atoms with Crippen molar-refractivity contribution in [2.75, 3.05) is 44.5 Å². The van der Waals surface area contributed by atoms with Gasteiger partial charge in [0.05, 0.1) is 24.3 Å². The van der Waals surface area contributed by atoms with Crippen LogP contribution in [0.1, 0.15) is 38.3 Å². The van der Waals surface area contributed by atoms with Crippen molar-refractivity contribution in [1.29, 1.82) is 0 Å². The maximum absolute atomic E-state index is 14.9. The molecule has 0 saturated carbocycles. The first kappa shape index (κ1) is 33.7. The van der Waals surface area contributed by atoms with Crippen LogP contribution >= 0.6 is 0 Å². The molecule has 0 unspecified atom stereocenters. The molecule has 272 valence electrons. The van der Waals surface area contributed by atoms with Gasteiger partial charge < -0.3 is 28.6 Å². The van der Waals surface area contributed by atoms with Gasteiger partial charge in [0.1, 0.15) is 11.4 Å². The van der Waals surface area contributed by atoms with Gasteiger partial charge in [-0.3, -0.25) is 19.4 Å². The topological polar surface area (TPSA) is 109 Å². The van der Waals surface area contributed by atoms with Crippen LogP contribution in [0.2, 0.25) is 0 Å². The maximum Gasteiger partial charge on any atom is 0.266 e. The predicted octanol–water partition coefficient (Wildman–Crippen LogP) is 6.70. The number of phenolic OH excluding ortho intramolecular Hbond substituents is 1. The average Bonchev–Trinajstić information content (AvgIpc) is 3.87. The summed E-state index contributed by atoms with van der Waals surface area (Å²) in [6.07, 6.45) is 7.02. The van der Waals surface area contributed by atoms with Gasteiger partial charge in [-0.05, 0) is 78.6 Å². The third kappa shape index (κ3) is 6.41. The van der Waals surface area contributed by atoms with E-state index in [1.807, 2.05) is 58.0 Å². The van der Waals surface area contributed by atoms with E-state index in [9.17, 15) is 14.7 Å². The molecule has 3 aliphatic heterocycles. The Hall–Kier alpha value is -6.17. The molecule has 6 aromatic rings. The molecule has 11 heteroatoms. The summed E-state index contributed by atoms with van der Waals surface area (Å²) in [5.41, 5.74) is 6.44. The summed E-state index contributed by atoms with van der Waals surface area (Å²) in [4.78, 5) is 40.0. The first-order valence-corrected chi connectivity index (χ1v) is 18.3. The first-order valence-electron chi connectivity index (χ1n) is 18.3. The minimum Gasteiger partial charge on any atom is -0.508 e. The van der Waals surface area contributed by atoms with Crippen LogP contribution in [0.25, 0.3) is 16.8 Å². The summed E-state index contributed by atoms with van der Waals surface area (Å²) in [5, 5.41) is 9.94. The number of para-hydroxylation sites is 1. The Kier molecular flexibility index (Phi) is 8.93. The van der Waals surface area contributed by atoms with Gasteiger partial charge in [-0.15, -0.1) is 0 Å². The number of rotatable bonds is 8. The minimum absolute atomic E-state index is 0.00767. The van der Waals surface area contributed by atoms with Crippen molar-refractivity contribution in [2.45, 2.75) is 25.4 Å². The van der Waals surface area contributed by atoms with Crippen LogP contribution < -0.4 is 14.4 Å². The second-order valence-electron chi connectivity index (χ2n) is 13.8. The summed E-state index contributed by atoms with van der Waals surface area (Å²) in [6.45, 7) is 4.73. The van der Waals surface area contributed by atoms with Gasteiger partial charge in [0, 0.05) is 73.3 Å². The fourth-order valence-electron chi connectivity index (χ4n) is 7.73. The van der Waals surface area contributed by atoms with E-state index in [1.54, 1.807) is 53.7 Å². The maximum atomic E-state index is 14.9. The number of anilines is 2. The molecule has 54 heavy (non-hydrogen) atoms. The summed E-state index contributed by atoms with van der Waals surface area (Å²) in [6, 6.07) is 29.7. The van der Waals surface area contributed by atoms with Crippen LogP contribution in [-0.4, -0.2) is 81.8 Å². The molecule has 0 bridgehead atoms. The van der Waals surface area contributed by atoms with Crippen molar-refractivity contribution in [3.05, 3.63) is 138 Å². The lowest BCUT2D eigenvalue weighted by Crippen LogP contribution is -2.47. The van der Waals surface area contributed by atoms with Gasteiger partial charge in [-0.1, -0.05) is 42.5 Å². The number of benzene rings is 4. The third-order valence-electron chi connectivity index (χ3n) is 10.6. The minimum atomic E-state index is -0.276. The molecule has 9 rings (SSSR count). The largest absolute Gasteiger partial charge is 0.508 e. The Labute approximate surface area is 312 Å². The summed E-state index contributed by atoms with van der Waals surface area (Å²) in [7, 11) is 0. The summed E-state index contributed by atoms with van der Waals surface area (Å²) >= 11 is 0. The quantitative estimate of drug-likeness (QED) is 0.185. The Morgan fingerprint density at radius 3 is 2.35 bits per heavy atom. The lowest BCUT2D eigenvalue weighted by atomic mass is 9.90. The highest BCUT2D eigenvalue weighted by Gasteiger charge is 2.34. The average molecular weight is 722 g/mol. The number of amides is 2. The number of carbonyl (C=O) groups excluding carboxylic acids is 2. The number of aromatic hydroxyl groups is 1. The van der Waals surface area contributed by atoms with E-state index in [-0.39, 0.29) is 30.4 Å². The highest BCUT2D eigenvalue weighted by atomic mass is 16.7. The number of aromatic nitrogens is 2. The molecule has 4 aromatic carbocycles. The number of carbonyl (C=O) groups is 2. The van der Waals surface area contributed by atoms with E-state index in [1.165, 1.54) is 5.56 Å². The standard InChI is InChI=1S/C43H39N5O6/c49-35-12-10-33(11-13-35)48(32-8-2-1-3-9-32)43(51)36-15-17-46-26-31(25-44-41(36)46)37-23-39-40(54-28-53-39)24-38(37)42(50)47-27-30-7-5-4-6-29(30)22-34(47)14-16-45-18-20-52-21-19-45/h1-13,15,17,23-26,34,49H,14,16,18-22,27-28H2/t34-/m1/s1. The molecule has 1 N–H and O–H groups in total. The Morgan fingerprint density at radius 2 is 1.56 bits per heavy atom. The molecular weight excluding hydrogens is 683 g/mol. The molecule has 3 aliphatic rings. The molecular formula is C43H39N5O6. The fraction of sp³-hybridized carbons (Fsp3) is 0.233. The van der Waals surface area contributed by atoms with Crippen LogP contribution in [0.3, 0.4) is 0 Å². The molecule has 0 aliphatic carbocycles. The molecule has 1 saturated heterocycles. The first-order chi connectivity index (χ1) is 26.5. The van der Waals surface area contributed by atoms with E-state index < -0.39 is 0 Å². The number of nitrogens with zero attached hydrogens (tertiary/aromatic N) is 5. The van der Waals surface area contributed by atoms with Gasteiger partial charge in [0.15, 0.2) is 11.5 Å². The molecule has 1 fully saturated rings. The van der Waals surface area contributed by atoms with E-state index in [4.69, 9.17) is 19.2 Å². The SMILES string of the molecule is O=C(c1ccn2cc(-c3cc4c(cc3C(=O)N3Cc5ccccc5C[C@H]3CCN3CCOCC3)OCO4)cnc12)N(c1ccccc1)c1ccc(O)cc1. The van der Waals surface area contributed by atoms with E-state index in [0.29, 0.717) is 57.3 Å². The highest BCUT2D eigenvalue weighted by molar-refractivity contribution is 6.14. The lowest BCUT2D eigenvalue weighted by Gasteiger charge is -2.39. The van der Waals surface area contributed by atoms with Gasteiger partial charge in [-0.2, -0.15) is 0 Å². The van der Waals surface area contributed by atoms with Crippen molar-refractivity contribution in [3.63, 3.8) is 0 Å². The van der Waals surface area contributed by atoms with Crippen LogP contribution in [0.15, 0.2) is 116 Å². The van der Waals surface area contributed by atoms with Gasteiger partial charge in [0.2, 0.25) is 6.79 Å². The Bertz CT molecular complexity index is 2340. The number of ether oxygens (including phenoxy) is 3. The number of phenols is 1. The molecule has 1 atom stereocenters. The molecule has 0 radical (unpaired) electrons. The zero-order valence-electron chi connectivity index (χ0n) is 29.6. The monoisotopic (exact) mass is 721 g/mol. The second-order valence-corrected chi connectivity index (χ2v) is 13.8. The highest BCUT2D eigenvalue weighted by Crippen LogP contribution is 2.40. The number of hydrogen-bond donors (Lipinski definition) is 1. The van der Waals surface area contributed by atoms with Gasteiger partial charge >= 0.3 is 0 Å². The van der Waals surface area contributed by atoms with E-state index >= 15 is 0 Å². The summed E-state index contributed by atoms with van der Waals surface area (Å²) < 4.78 is 19.0. The predicted molar refractivity (Wildman–Crippen MR) is 203 cm³/mol. The zero-order chi connectivity index (χ0) is 36.6. The lowest BCUT2D eigenvalue weighted by molar-refractivity contribution is 0.0308. The van der Waals surface area contributed by atoms with Gasteiger partial charge in [-0.25, -0.2) is 4.98 Å². The summed E-state index contributed by atoms with van der Waals surface area (Å²) in [5.74, 6) is 0.841. The van der Waals surface area contributed by atoms with Crippen LogP contribution in [0, 0.1) is 0 Å². The van der Waals surface area contributed by atoms with Crippen molar-refractivity contribution < 1.29 is 28.9 Å². The number of fused-ring (bicyclic) bond motifs is 3. The Balaban J connectivity index is 1.07. The van der Waals surface area contributed by atoms with Crippen LogP contribution in [0.5, 0.6) is 17.2 Å². The normalized spacial score (nSPS) is 16.7.